The number of nitrogens with one attached hydrogen (secondary N) is 1. The number of aliphatic hydroxyl groups is 2. The Morgan fingerprint density at radius 2 is 1.67 bits per heavy atom. The van der Waals surface area contributed by atoms with E-state index in [1.165, 1.54) is 11.0 Å². The van der Waals surface area contributed by atoms with Crippen LogP contribution in [0.1, 0.15) is 81.1 Å². The Labute approximate surface area is 254 Å². The maximum Gasteiger partial charge on any atom is 0.412 e. The lowest BCUT2D eigenvalue weighted by Gasteiger charge is -2.26. The number of rotatable bonds is 18. The van der Waals surface area contributed by atoms with Crippen LogP contribution in [-0.2, 0) is 27.5 Å². The third-order valence-corrected chi connectivity index (χ3v) is 7.11. The van der Waals surface area contributed by atoms with E-state index in [1.807, 2.05) is 24.3 Å². The summed E-state index contributed by atoms with van der Waals surface area (Å²) < 4.78 is 11.4. The number of hydrogen-bond donors (Lipinski definition) is 6. The lowest BCUT2D eigenvalue weighted by molar-refractivity contribution is -0.134. The first-order valence-corrected chi connectivity index (χ1v) is 15.0. The fourth-order valence-electron chi connectivity index (χ4n) is 4.95. The summed E-state index contributed by atoms with van der Waals surface area (Å²) in [7, 11) is 0. The number of carboxylic acids is 1. The number of carboxylic acid groups (broad SMARTS) is 2. The summed E-state index contributed by atoms with van der Waals surface area (Å²) in [6, 6.07) is 12.4. The van der Waals surface area contributed by atoms with Crippen molar-refractivity contribution in [2.45, 2.75) is 83.6 Å². The van der Waals surface area contributed by atoms with Gasteiger partial charge in [0.15, 0.2) is 0 Å². The molecule has 0 heterocycles. The Morgan fingerprint density at radius 1 is 0.977 bits per heavy atom. The number of nitrogens with zero attached hydrogens (tertiary/aromatic N) is 1. The number of aliphatic hydroxyl groups excluding tert-OH is 2. The average molecular weight is 605 g/mol. The number of aromatic hydroxyl groups is 1. The van der Waals surface area contributed by atoms with Gasteiger partial charge in [-0.15, -0.1) is 0 Å². The van der Waals surface area contributed by atoms with Crippen molar-refractivity contribution < 1.29 is 44.6 Å². The predicted molar refractivity (Wildman–Crippen MR) is 163 cm³/mol. The van der Waals surface area contributed by atoms with E-state index in [-0.39, 0.29) is 18.4 Å². The molecule has 1 atom stereocenters. The minimum atomic E-state index is -0.896. The summed E-state index contributed by atoms with van der Waals surface area (Å²) in [4.78, 5) is 22.3. The average Bonchev–Trinajstić information content (AvgIpc) is 3.49. The van der Waals surface area contributed by atoms with Crippen molar-refractivity contribution in [2.75, 3.05) is 37.8 Å². The molecule has 11 heteroatoms. The van der Waals surface area contributed by atoms with Crippen molar-refractivity contribution in [3.05, 3.63) is 59.2 Å². The molecule has 1 aliphatic rings. The summed E-state index contributed by atoms with van der Waals surface area (Å²) in [5, 5.41) is 49.5. The summed E-state index contributed by atoms with van der Waals surface area (Å²) in [5.41, 5.74) is 2.75. The van der Waals surface area contributed by atoms with Crippen molar-refractivity contribution in [3.8, 4) is 5.75 Å². The maximum absolute atomic E-state index is 11.8. The van der Waals surface area contributed by atoms with Gasteiger partial charge in [0.2, 0.25) is 0 Å². The molecule has 2 aromatic carbocycles. The second-order valence-electron chi connectivity index (χ2n) is 10.6. The van der Waals surface area contributed by atoms with Crippen LogP contribution in [0.5, 0.6) is 5.75 Å². The SMILES string of the molecule is CC(=O)O.O=C(O)N(c1cccc(COCCOCCCCCCNC[C@H](O)c2ccc(O)c(CO)c2)c1)C1CCCC1. The molecule has 0 aliphatic heterocycles. The molecular weight excluding hydrogens is 556 g/mol. The first kappa shape index (κ1) is 36.0. The molecule has 11 nitrogen and oxygen atoms in total. The van der Waals surface area contributed by atoms with Crippen molar-refractivity contribution in [3.63, 3.8) is 0 Å². The highest BCUT2D eigenvalue weighted by molar-refractivity contribution is 5.86. The van der Waals surface area contributed by atoms with Crippen LogP contribution in [0.15, 0.2) is 42.5 Å². The monoisotopic (exact) mass is 604 g/mol. The minimum Gasteiger partial charge on any atom is -0.508 e. The molecule has 1 saturated carbocycles. The molecule has 0 aromatic heterocycles. The van der Waals surface area contributed by atoms with E-state index < -0.39 is 18.2 Å². The molecule has 0 saturated heterocycles. The molecule has 0 bridgehead atoms. The van der Waals surface area contributed by atoms with E-state index in [0.29, 0.717) is 49.8 Å². The normalized spacial score (nSPS) is 13.7. The smallest absolute Gasteiger partial charge is 0.412 e. The van der Waals surface area contributed by atoms with Crippen molar-refractivity contribution in [2.24, 2.45) is 0 Å². The first-order valence-electron chi connectivity index (χ1n) is 15.0. The Morgan fingerprint density at radius 3 is 2.37 bits per heavy atom. The van der Waals surface area contributed by atoms with Gasteiger partial charge >= 0.3 is 6.09 Å². The molecule has 0 spiro atoms. The Hall–Kier alpha value is -3.22. The van der Waals surface area contributed by atoms with Crippen molar-refractivity contribution in [1.82, 2.24) is 5.32 Å². The Bertz CT molecular complexity index is 1090. The van der Waals surface area contributed by atoms with E-state index in [1.54, 1.807) is 12.1 Å². The van der Waals surface area contributed by atoms with Gasteiger partial charge in [-0.2, -0.15) is 0 Å². The van der Waals surface area contributed by atoms with Gasteiger partial charge in [-0.3, -0.25) is 9.69 Å². The lowest BCUT2D eigenvalue weighted by atomic mass is 10.1. The highest BCUT2D eigenvalue weighted by Gasteiger charge is 2.27. The van der Waals surface area contributed by atoms with Gasteiger partial charge in [0.05, 0.1) is 32.5 Å². The number of hydrogen-bond acceptors (Lipinski definition) is 8. The molecule has 1 fully saturated rings. The van der Waals surface area contributed by atoms with Gasteiger partial charge in [-0.1, -0.05) is 43.9 Å². The molecule has 6 N–H and O–H groups in total. The van der Waals surface area contributed by atoms with Gasteiger partial charge in [0.1, 0.15) is 5.75 Å². The van der Waals surface area contributed by atoms with Crippen LogP contribution in [0, 0.1) is 0 Å². The second-order valence-corrected chi connectivity index (χ2v) is 10.6. The summed E-state index contributed by atoms with van der Waals surface area (Å²) >= 11 is 0. The number of ether oxygens (including phenoxy) is 2. The van der Waals surface area contributed by atoms with E-state index in [0.717, 1.165) is 70.4 Å². The number of anilines is 1. The minimum absolute atomic E-state index is 0.0314. The molecular formula is C32H48N2O9. The van der Waals surface area contributed by atoms with Crippen LogP contribution >= 0.6 is 0 Å². The van der Waals surface area contributed by atoms with Crippen LogP contribution < -0.4 is 10.2 Å². The van der Waals surface area contributed by atoms with E-state index in [4.69, 9.17) is 19.4 Å². The number of phenols is 1. The fraction of sp³-hybridized carbons (Fsp3) is 0.562. The largest absolute Gasteiger partial charge is 0.508 e. The van der Waals surface area contributed by atoms with Gasteiger partial charge in [0.25, 0.3) is 5.97 Å². The number of unbranched alkanes of at least 4 members (excludes halogenated alkanes) is 3. The molecule has 240 valence electrons. The Balaban J connectivity index is 0.00000151. The standard InChI is InChI=1S/C30H44N2O7.C2H4O2/c33-21-25-19-24(12-13-28(25)34)29(35)20-31-14-5-1-2-6-15-38-16-17-39-22-23-8-7-11-27(18-23)32(30(36)37)26-9-3-4-10-26;1-2(3)4/h7-8,11-13,18-19,26,29,31,33-35H,1-6,9-10,14-17,20-22H2,(H,36,37);1H3,(H,3,4)/t29-;/m0./s1. The highest BCUT2D eigenvalue weighted by Crippen LogP contribution is 2.29. The van der Waals surface area contributed by atoms with E-state index in [2.05, 4.69) is 5.32 Å². The zero-order chi connectivity index (χ0) is 31.5. The van der Waals surface area contributed by atoms with Gasteiger partial charge in [-0.05, 0) is 67.6 Å². The van der Waals surface area contributed by atoms with Gasteiger partial charge in [0, 0.05) is 37.4 Å². The van der Waals surface area contributed by atoms with E-state index >= 15 is 0 Å². The van der Waals surface area contributed by atoms with Gasteiger partial charge in [-0.25, -0.2) is 4.79 Å². The topological polar surface area (TPSA) is 169 Å². The third kappa shape index (κ3) is 14.2. The quantitative estimate of drug-likeness (QED) is 0.130. The second kappa shape index (κ2) is 20.6. The first-order chi connectivity index (χ1) is 20.7. The molecule has 0 radical (unpaired) electrons. The predicted octanol–water partition coefficient (Wildman–Crippen LogP) is 4.82. The van der Waals surface area contributed by atoms with Crippen molar-refractivity contribution >= 4 is 17.7 Å². The van der Waals surface area contributed by atoms with Gasteiger partial charge < -0.3 is 40.3 Å². The molecule has 3 rings (SSSR count). The third-order valence-electron chi connectivity index (χ3n) is 7.11. The maximum atomic E-state index is 11.8. The van der Waals surface area contributed by atoms with Crippen LogP contribution in [0.3, 0.4) is 0 Å². The number of aliphatic carboxylic acids is 1. The number of carbonyl (C=O) groups is 2. The summed E-state index contributed by atoms with van der Waals surface area (Å²) in [6.45, 7) is 4.17. The highest BCUT2D eigenvalue weighted by atomic mass is 16.5. The molecule has 1 amide bonds. The summed E-state index contributed by atoms with van der Waals surface area (Å²) in [5.74, 6) is -0.802. The number of amides is 1. The lowest BCUT2D eigenvalue weighted by Crippen LogP contribution is -2.37. The van der Waals surface area contributed by atoms with Crippen molar-refractivity contribution in [1.29, 1.82) is 0 Å². The van der Waals surface area contributed by atoms with Crippen LogP contribution in [0.25, 0.3) is 0 Å². The molecule has 43 heavy (non-hydrogen) atoms. The van der Waals surface area contributed by atoms with Crippen LogP contribution in [-0.4, -0.2) is 76.5 Å². The van der Waals surface area contributed by atoms with Crippen LogP contribution in [0.2, 0.25) is 0 Å². The fourth-order valence-corrected chi connectivity index (χ4v) is 4.95. The molecule has 2 aromatic rings. The zero-order valence-corrected chi connectivity index (χ0v) is 25.1. The van der Waals surface area contributed by atoms with E-state index in [9.17, 15) is 25.2 Å². The Kier molecular flexibility index (Phi) is 17.3. The zero-order valence-electron chi connectivity index (χ0n) is 25.1. The summed E-state index contributed by atoms with van der Waals surface area (Å²) in [6.07, 6.45) is 6.53. The number of benzene rings is 2. The van der Waals surface area contributed by atoms with Crippen LogP contribution in [0.4, 0.5) is 10.5 Å². The molecule has 1 aliphatic carbocycles. The molecule has 0 unspecified atom stereocenters.